The SMILES string of the molecule is CC(C)Oc1cc(-c2c3ccccc3cc3ccccc23)nc(-c2ccccc2O)n1. The highest BCUT2D eigenvalue weighted by molar-refractivity contribution is 6.12. The summed E-state index contributed by atoms with van der Waals surface area (Å²) < 4.78 is 5.97. The van der Waals surface area contributed by atoms with Crippen molar-refractivity contribution < 1.29 is 9.84 Å². The van der Waals surface area contributed by atoms with Gasteiger partial charge in [0.25, 0.3) is 0 Å². The van der Waals surface area contributed by atoms with Gasteiger partial charge in [0.05, 0.1) is 17.4 Å². The minimum absolute atomic E-state index is 0.0377. The molecule has 0 bridgehead atoms. The Labute approximate surface area is 180 Å². The summed E-state index contributed by atoms with van der Waals surface area (Å²) in [6.45, 7) is 3.93. The fourth-order valence-electron chi connectivity index (χ4n) is 3.93. The maximum absolute atomic E-state index is 10.4. The molecule has 0 saturated carbocycles. The van der Waals surface area contributed by atoms with Crippen molar-refractivity contribution in [3.63, 3.8) is 0 Å². The smallest absolute Gasteiger partial charge is 0.217 e. The summed E-state index contributed by atoms with van der Waals surface area (Å²) in [5, 5.41) is 14.9. The van der Waals surface area contributed by atoms with E-state index in [0.717, 1.165) is 32.8 Å². The average molecular weight is 406 g/mol. The van der Waals surface area contributed by atoms with E-state index < -0.39 is 0 Å². The highest BCUT2D eigenvalue weighted by atomic mass is 16.5. The predicted molar refractivity (Wildman–Crippen MR) is 125 cm³/mol. The second kappa shape index (κ2) is 7.73. The number of para-hydroxylation sites is 1. The fourth-order valence-corrected chi connectivity index (χ4v) is 3.93. The van der Waals surface area contributed by atoms with Crippen LogP contribution in [-0.4, -0.2) is 21.2 Å². The number of phenols is 1. The number of aromatic hydroxyl groups is 1. The van der Waals surface area contributed by atoms with E-state index in [2.05, 4.69) is 35.3 Å². The van der Waals surface area contributed by atoms with Gasteiger partial charge in [0, 0.05) is 11.6 Å². The van der Waals surface area contributed by atoms with Gasteiger partial charge in [0.2, 0.25) is 5.88 Å². The molecule has 0 aliphatic carbocycles. The normalized spacial score (nSPS) is 11.3. The minimum Gasteiger partial charge on any atom is -0.507 e. The van der Waals surface area contributed by atoms with Crippen LogP contribution in [0.3, 0.4) is 0 Å². The number of phenolic OH excluding ortho intramolecular Hbond substituents is 1. The van der Waals surface area contributed by atoms with Crippen LogP contribution in [0, 0.1) is 0 Å². The molecule has 0 spiro atoms. The van der Waals surface area contributed by atoms with Crippen molar-refractivity contribution in [2.75, 3.05) is 0 Å². The molecule has 4 heteroatoms. The van der Waals surface area contributed by atoms with E-state index in [1.54, 1.807) is 12.1 Å². The van der Waals surface area contributed by atoms with Crippen LogP contribution in [0.1, 0.15) is 13.8 Å². The molecule has 152 valence electrons. The van der Waals surface area contributed by atoms with E-state index in [9.17, 15) is 5.11 Å². The Morgan fingerprint density at radius 2 is 1.35 bits per heavy atom. The molecule has 0 saturated heterocycles. The first-order valence-electron chi connectivity index (χ1n) is 10.3. The highest BCUT2D eigenvalue weighted by Crippen LogP contribution is 2.38. The van der Waals surface area contributed by atoms with Crippen LogP contribution in [-0.2, 0) is 0 Å². The van der Waals surface area contributed by atoms with Gasteiger partial charge in [-0.3, -0.25) is 0 Å². The molecule has 0 aliphatic rings. The van der Waals surface area contributed by atoms with Crippen molar-refractivity contribution in [2.45, 2.75) is 20.0 Å². The minimum atomic E-state index is -0.0377. The van der Waals surface area contributed by atoms with E-state index in [0.29, 0.717) is 17.3 Å². The van der Waals surface area contributed by atoms with Crippen LogP contribution in [0.25, 0.3) is 44.2 Å². The molecule has 0 fully saturated rings. The summed E-state index contributed by atoms with van der Waals surface area (Å²) in [6, 6.07) is 27.8. The van der Waals surface area contributed by atoms with Gasteiger partial charge in [0.1, 0.15) is 5.75 Å². The Bertz CT molecular complexity index is 1360. The molecule has 5 rings (SSSR count). The topological polar surface area (TPSA) is 55.2 Å². The van der Waals surface area contributed by atoms with Gasteiger partial charge in [-0.25, -0.2) is 4.98 Å². The van der Waals surface area contributed by atoms with Crippen molar-refractivity contribution in [3.05, 3.63) is 84.9 Å². The van der Waals surface area contributed by atoms with Crippen LogP contribution in [0.4, 0.5) is 0 Å². The second-order valence-corrected chi connectivity index (χ2v) is 7.79. The molecule has 0 amide bonds. The van der Waals surface area contributed by atoms with Gasteiger partial charge in [-0.2, -0.15) is 4.98 Å². The van der Waals surface area contributed by atoms with Crippen LogP contribution < -0.4 is 4.74 Å². The molecule has 1 aromatic heterocycles. The Hall–Kier alpha value is -3.92. The molecule has 1 heterocycles. The summed E-state index contributed by atoms with van der Waals surface area (Å²) in [4.78, 5) is 9.49. The molecule has 0 atom stereocenters. The molecule has 0 unspecified atom stereocenters. The third-order valence-electron chi connectivity index (χ3n) is 5.23. The summed E-state index contributed by atoms with van der Waals surface area (Å²) in [6.07, 6.45) is -0.0377. The summed E-state index contributed by atoms with van der Waals surface area (Å²) in [5.74, 6) is 1.05. The summed E-state index contributed by atoms with van der Waals surface area (Å²) in [5.41, 5.74) is 2.36. The number of nitrogens with zero attached hydrogens (tertiary/aromatic N) is 2. The lowest BCUT2D eigenvalue weighted by Crippen LogP contribution is -2.08. The zero-order chi connectivity index (χ0) is 21.4. The molecule has 5 aromatic rings. The second-order valence-electron chi connectivity index (χ2n) is 7.79. The molecule has 0 radical (unpaired) electrons. The first-order chi connectivity index (χ1) is 15.1. The van der Waals surface area contributed by atoms with Gasteiger partial charge < -0.3 is 9.84 Å². The van der Waals surface area contributed by atoms with Gasteiger partial charge in [-0.05, 0) is 53.6 Å². The Morgan fingerprint density at radius 1 is 0.742 bits per heavy atom. The van der Waals surface area contributed by atoms with Crippen LogP contribution in [0.15, 0.2) is 84.9 Å². The lowest BCUT2D eigenvalue weighted by atomic mass is 9.94. The van der Waals surface area contributed by atoms with Crippen LogP contribution in [0.5, 0.6) is 11.6 Å². The zero-order valence-corrected chi connectivity index (χ0v) is 17.4. The quantitative estimate of drug-likeness (QED) is 0.341. The molecule has 1 N–H and O–H groups in total. The summed E-state index contributed by atoms with van der Waals surface area (Å²) in [7, 11) is 0. The third-order valence-corrected chi connectivity index (χ3v) is 5.23. The van der Waals surface area contributed by atoms with E-state index >= 15 is 0 Å². The maximum atomic E-state index is 10.4. The van der Waals surface area contributed by atoms with Crippen LogP contribution >= 0.6 is 0 Å². The molecular weight excluding hydrogens is 384 g/mol. The number of fused-ring (bicyclic) bond motifs is 2. The van der Waals surface area contributed by atoms with Gasteiger partial charge >= 0.3 is 0 Å². The number of rotatable bonds is 4. The van der Waals surface area contributed by atoms with Crippen LogP contribution in [0.2, 0.25) is 0 Å². The lowest BCUT2D eigenvalue weighted by Gasteiger charge is -2.15. The predicted octanol–water partition coefficient (Wildman–Crippen LogP) is 6.61. The molecule has 4 nitrogen and oxygen atoms in total. The van der Waals surface area contributed by atoms with Gasteiger partial charge in [-0.15, -0.1) is 0 Å². The van der Waals surface area contributed by atoms with E-state index in [1.807, 2.05) is 56.3 Å². The number of aromatic nitrogens is 2. The average Bonchev–Trinajstić information content (AvgIpc) is 2.77. The Morgan fingerprint density at radius 3 is 2.00 bits per heavy atom. The van der Waals surface area contributed by atoms with Crippen molar-refractivity contribution in [2.24, 2.45) is 0 Å². The highest BCUT2D eigenvalue weighted by Gasteiger charge is 2.17. The first-order valence-corrected chi connectivity index (χ1v) is 10.3. The fraction of sp³-hybridized carbons (Fsp3) is 0.111. The van der Waals surface area contributed by atoms with Crippen molar-refractivity contribution in [3.8, 4) is 34.3 Å². The Kier molecular flexibility index (Phi) is 4.75. The summed E-state index contributed by atoms with van der Waals surface area (Å²) >= 11 is 0. The van der Waals surface area contributed by atoms with Gasteiger partial charge in [-0.1, -0.05) is 60.7 Å². The monoisotopic (exact) mass is 406 g/mol. The molecule has 31 heavy (non-hydrogen) atoms. The van der Waals surface area contributed by atoms with E-state index in [1.165, 1.54) is 0 Å². The van der Waals surface area contributed by atoms with Crippen molar-refractivity contribution >= 4 is 21.5 Å². The van der Waals surface area contributed by atoms with Crippen molar-refractivity contribution in [1.29, 1.82) is 0 Å². The largest absolute Gasteiger partial charge is 0.507 e. The van der Waals surface area contributed by atoms with Crippen molar-refractivity contribution in [1.82, 2.24) is 9.97 Å². The molecule has 0 aliphatic heterocycles. The number of benzene rings is 4. The molecular formula is C27H22N2O2. The van der Waals surface area contributed by atoms with E-state index in [-0.39, 0.29) is 11.9 Å². The third kappa shape index (κ3) is 3.57. The number of hydrogen-bond donors (Lipinski definition) is 1. The Balaban J connectivity index is 1.85. The zero-order valence-electron chi connectivity index (χ0n) is 17.4. The lowest BCUT2D eigenvalue weighted by molar-refractivity contribution is 0.232. The standard InChI is InChI=1S/C27H22N2O2/c1-17(2)31-25-16-23(28-27(29-25)22-13-7-8-14-24(22)30)26-20-11-5-3-9-18(20)15-19-10-4-6-12-21(19)26/h3-17,30H,1-2H3. The number of hydrogen-bond acceptors (Lipinski definition) is 4. The van der Waals surface area contributed by atoms with Gasteiger partial charge in [0.15, 0.2) is 5.82 Å². The van der Waals surface area contributed by atoms with E-state index in [4.69, 9.17) is 9.72 Å². The first kappa shape index (κ1) is 19.1. The molecule has 4 aromatic carbocycles. The maximum Gasteiger partial charge on any atom is 0.217 e. The number of ether oxygens (including phenoxy) is 1.